The van der Waals surface area contributed by atoms with Crippen molar-refractivity contribution in [2.75, 3.05) is 45.3 Å². The van der Waals surface area contributed by atoms with Gasteiger partial charge in [0.1, 0.15) is 11.5 Å². The maximum atomic E-state index is 12.8. The first-order chi connectivity index (χ1) is 12.1. The Hall–Kier alpha value is -2.40. The van der Waals surface area contributed by atoms with Crippen molar-refractivity contribution >= 4 is 23.2 Å². The minimum absolute atomic E-state index is 0.00448. The fourth-order valence-electron chi connectivity index (χ4n) is 3.05. The summed E-state index contributed by atoms with van der Waals surface area (Å²) in [6, 6.07) is 12.9. The zero-order chi connectivity index (χ0) is 17.8. The molecule has 0 unspecified atom stereocenters. The highest BCUT2D eigenvalue weighted by molar-refractivity contribution is 6.30. The number of amides is 1. The molecule has 2 aromatic carbocycles. The molecule has 0 saturated carbocycles. The third-order valence-corrected chi connectivity index (χ3v) is 4.62. The molecule has 25 heavy (non-hydrogen) atoms. The topological polar surface area (TPSA) is 42.0 Å². The highest BCUT2D eigenvalue weighted by atomic mass is 35.5. The van der Waals surface area contributed by atoms with Crippen molar-refractivity contribution in [1.82, 2.24) is 4.90 Å². The van der Waals surface area contributed by atoms with Crippen LogP contribution in [0, 0.1) is 0 Å². The Morgan fingerprint density at radius 3 is 2.32 bits per heavy atom. The van der Waals surface area contributed by atoms with Crippen LogP contribution in [0.4, 0.5) is 5.69 Å². The van der Waals surface area contributed by atoms with Gasteiger partial charge in [-0.05, 0) is 30.3 Å². The van der Waals surface area contributed by atoms with Crippen LogP contribution in [0.5, 0.6) is 11.5 Å². The lowest BCUT2D eigenvalue weighted by atomic mass is 10.1. The van der Waals surface area contributed by atoms with Crippen LogP contribution in [-0.4, -0.2) is 51.2 Å². The first-order valence-electron chi connectivity index (χ1n) is 8.15. The predicted molar refractivity (Wildman–Crippen MR) is 99.1 cm³/mol. The van der Waals surface area contributed by atoms with Gasteiger partial charge in [0.2, 0.25) is 0 Å². The number of hydrogen-bond donors (Lipinski definition) is 0. The molecule has 1 fully saturated rings. The lowest BCUT2D eigenvalue weighted by molar-refractivity contribution is 0.0743. The summed E-state index contributed by atoms with van der Waals surface area (Å²) in [6.07, 6.45) is 0. The van der Waals surface area contributed by atoms with E-state index in [1.807, 2.05) is 35.2 Å². The van der Waals surface area contributed by atoms with Crippen molar-refractivity contribution in [2.45, 2.75) is 0 Å². The number of para-hydroxylation sites is 1. The summed E-state index contributed by atoms with van der Waals surface area (Å²) in [5.41, 5.74) is 1.55. The van der Waals surface area contributed by atoms with Gasteiger partial charge >= 0.3 is 0 Å². The molecule has 1 aliphatic rings. The Morgan fingerprint density at radius 2 is 1.64 bits per heavy atom. The minimum atomic E-state index is -0.00448. The minimum Gasteiger partial charge on any atom is -0.496 e. The lowest BCUT2D eigenvalue weighted by Gasteiger charge is -2.36. The number of ether oxygens (including phenoxy) is 2. The average molecular weight is 361 g/mol. The van der Waals surface area contributed by atoms with Gasteiger partial charge in [-0.15, -0.1) is 0 Å². The molecule has 2 aromatic rings. The summed E-state index contributed by atoms with van der Waals surface area (Å²) < 4.78 is 10.7. The van der Waals surface area contributed by atoms with Gasteiger partial charge in [-0.1, -0.05) is 23.7 Å². The molecule has 132 valence electrons. The highest BCUT2D eigenvalue weighted by Gasteiger charge is 2.25. The van der Waals surface area contributed by atoms with E-state index >= 15 is 0 Å². The molecular formula is C19H21ClN2O3. The van der Waals surface area contributed by atoms with Crippen LogP contribution in [0.1, 0.15) is 10.4 Å². The second-order valence-corrected chi connectivity index (χ2v) is 6.23. The third kappa shape index (κ3) is 3.66. The predicted octanol–water partition coefficient (Wildman–Crippen LogP) is 3.32. The van der Waals surface area contributed by atoms with E-state index in [4.69, 9.17) is 21.1 Å². The van der Waals surface area contributed by atoms with Crippen LogP contribution < -0.4 is 14.4 Å². The number of hydrogen-bond acceptors (Lipinski definition) is 4. The Morgan fingerprint density at radius 1 is 0.960 bits per heavy atom. The number of piperazine rings is 1. The van der Waals surface area contributed by atoms with Crippen molar-refractivity contribution in [3.63, 3.8) is 0 Å². The fraction of sp³-hybridized carbons (Fsp3) is 0.316. The van der Waals surface area contributed by atoms with E-state index in [2.05, 4.69) is 4.90 Å². The van der Waals surface area contributed by atoms with E-state index in [9.17, 15) is 4.79 Å². The molecule has 5 nitrogen and oxygen atoms in total. The summed E-state index contributed by atoms with van der Waals surface area (Å²) in [5, 5.41) is 0.670. The second kappa shape index (κ2) is 7.66. The molecule has 0 radical (unpaired) electrons. The Balaban J connectivity index is 1.72. The van der Waals surface area contributed by atoms with Crippen molar-refractivity contribution in [2.24, 2.45) is 0 Å². The second-order valence-electron chi connectivity index (χ2n) is 5.80. The quantitative estimate of drug-likeness (QED) is 0.838. The van der Waals surface area contributed by atoms with Gasteiger partial charge in [-0.2, -0.15) is 0 Å². The first-order valence-corrected chi connectivity index (χ1v) is 8.52. The molecule has 1 heterocycles. The van der Waals surface area contributed by atoms with E-state index < -0.39 is 0 Å². The SMILES string of the molecule is COc1ccccc1C(=O)N1CCN(c2cc(Cl)ccc2OC)CC1. The number of nitrogens with zero attached hydrogens (tertiary/aromatic N) is 2. The lowest BCUT2D eigenvalue weighted by Crippen LogP contribution is -2.49. The third-order valence-electron chi connectivity index (χ3n) is 4.39. The summed E-state index contributed by atoms with van der Waals surface area (Å²) in [4.78, 5) is 16.8. The highest BCUT2D eigenvalue weighted by Crippen LogP contribution is 2.32. The molecule has 0 aliphatic carbocycles. The molecule has 0 aromatic heterocycles. The summed E-state index contributed by atoms with van der Waals surface area (Å²) in [6.45, 7) is 2.70. The first kappa shape index (κ1) is 17.4. The largest absolute Gasteiger partial charge is 0.496 e. The molecule has 0 atom stereocenters. The summed E-state index contributed by atoms with van der Waals surface area (Å²) in [5.74, 6) is 1.38. The monoisotopic (exact) mass is 360 g/mol. The molecule has 0 bridgehead atoms. The van der Waals surface area contributed by atoms with E-state index in [0.717, 1.165) is 24.5 Å². The Kier molecular flexibility index (Phi) is 5.34. The van der Waals surface area contributed by atoms with Crippen LogP contribution >= 0.6 is 11.6 Å². The number of anilines is 1. The van der Waals surface area contributed by atoms with Gasteiger partial charge < -0.3 is 19.3 Å². The molecule has 0 N–H and O–H groups in total. The maximum Gasteiger partial charge on any atom is 0.257 e. The van der Waals surface area contributed by atoms with E-state index in [1.165, 1.54) is 0 Å². The zero-order valence-corrected chi connectivity index (χ0v) is 15.1. The molecule has 1 aliphatic heterocycles. The smallest absolute Gasteiger partial charge is 0.257 e. The van der Waals surface area contributed by atoms with E-state index in [1.54, 1.807) is 26.4 Å². The molecule has 0 spiro atoms. The number of halogens is 1. The average Bonchev–Trinajstić information content (AvgIpc) is 2.67. The van der Waals surface area contributed by atoms with Crippen molar-refractivity contribution in [1.29, 1.82) is 0 Å². The number of rotatable bonds is 4. The zero-order valence-electron chi connectivity index (χ0n) is 14.4. The van der Waals surface area contributed by atoms with Crippen LogP contribution in [-0.2, 0) is 0 Å². The fourth-order valence-corrected chi connectivity index (χ4v) is 3.22. The molecule has 1 saturated heterocycles. The van der Waals surface area contributed by atoms with E-state index in [0.29, 0.717) is 29.4 Å². The number of carbonyl (C=O) groups is 1. The van der Waals surface area contributed by atoms with Crippen LogP contribution in [0.3, 0.4) is 0 Å². The summed E-state index contributed by atoms with van der Waals surface area (Å²) in [7, 11) is 3.23. The Labute approximate surface area is 152 Å². The van der Waals surface area contributed by atoms with Crippen molar-refractivity contribution < 1.29 is 14.3 Å². The summed E-state index contributed by atoms with van der Waals surface area (Å²) >= 11 is 6.12. The van der Waals surface area contributed by atoms with E-state index in [-0.39, 0.29) is 5.91 Å². The standard InChI is InChI=1S/C19H21ClN2O3/c1-24-17-6-4-3-5-15(17)19(23)22-11-9-21(10-12-22)16-13-14(20)7-8-18(16)25-2/h3-8,13H,9-12H2,1-2H3. The van der Waals surface area contributed by atoms with Gasteiger partial charge in [0, 0.05) is 31.2 Å². The molecule has 6 heteroatoms. The molecule has 1 amide bonds. The molecular weight excluding hydrogens is 340 g/mol. The van der Waals surface area contributed by atoms with Gasteiger partial charge in [0.15, 0.2) is 0 Å². The number of benzene rings is 2. The Bertz CT molecular complexity index is 758. The normalized spacial score (nSPS) is 14.4. The van der Waals surface area contributed by atoms with Crippen LogP contribution in [0.25, 0.3) is 0 Å². The number of carbonyl (C=O) groups excluding carboxylic acids is 1. The maximum absolute atomic E-state index is 12.8. The van der Waals surface area contributed by atoms with Crippen LogP contribution in [0.15, 0.2) is 42.5 Å². The molecule has 3 rings (SSSR count). The van der Waals surface area contributed by atoms with Gasteiger partial charge in [0.05, 0.1) is 25.5 Å². The van der Waals surface area contributed by atoms with Gasteiger partial charge in [-0.3, -0.25) is 4.79 Å². The van der Waals surface area contributed by atoms with Crippen LogP contribution in [0.2, 0.25) is 5.02 Å². The van der Waals surface area contributed by atoms with Crippen molar-refractivity contribution in [3.8, 4) is 11.5 Å². The van der Waals surface area contributed by atoms with Gasteiger partial charge in [-0.25, -0.2) is 0 Å². The van der Waals surface area contributed by atoms with Gasteiger partial charge in [0.25, 0.3) is 5.91 Å². The number of methoxy groups -OCH3 is 2. The van der Waals surface area contributed by atoms with Crippen molar-refractivity contribution in [3.05, 3.63) is 53.1 Å².